The lowest BCUT2D eigenvalue weighted by molar-refractivity contribution is -0.137. The Bertz CT molecular complexity index is 807. The van der Waals surface area contributed by atoms with Gasteiger partial charge in [0, 0.05) is 5.69 Å². The minimum absolute atomic E-state index is 0.0252. The Morgan fingerprint density at radius 1 is 1.19 bits per heavy atom. The second kappa shape index (κ2) is 7.20. The first-order valence-corrected chi connectivity index (χ1v) is 6.98. The molecule has 0 atom stereocenters. The van der Waals surface area contributed by atoms with Gasteiger partial charge in [0.15, 0.2) is 5.82 Å². The van der Waals surface area contributed by atoms with Crippen LogP contribution >= 0.6 is 0 Å². The number of nitriles is 1. The molecule has 1 aromatic carbocycles. The maximum absolute atomic E-state index is 13.0. The molecular formula is C14H11F6N5O. The van der Waals surface area contributed by atoms with E-state index in [0.717, 1.165) is 12.1 Å². The van der Waals surface area contributed by atoms with Crippen LogP contribution in [0.3, 0.4) is 0 Å². The number of hydrogen-bond acceptors (Lipinski definition) is 6. The smallest absolute Gasteiger partial charge is 0.355 e. The van der Waals surface area contributed by atoms with Crippen LogP contribution in [0.5, 0.6) is 0 Å². The van der Waals surface area contributed by atoms with Crippen LogP contribution < -0.4 is 10.6 Å². The van der Waals surface area contributed by atoms with Crippen LogP contribution in [0.4, 0.5) is 32.0 Å². The molecule has 0 amide bonds. The van der Waals surface area contributed by atoms with Gasteiger partial charge in [-0.05, 0) is 18.2 Å². The molecule has 140 valence electrons. The van der Waals surface area contributed by atoms with E-state index in [0.29, 0.717) is 11.0 Å². The highest BCUT2D eigenvalue weighted by Crippen LogP contribution is 2.35. The molecule has 12 heteroatoms. The number of halogens is 6. The first-order valence-electron chi connectivity index (χ1n) is 6.98. The zero-order chi connectivity index (χ0) is 19.5. The predicted molar refractivity (Wildman–Crippen MR) is 75.5 cm³/mol. The molecule has 0 fully saturated rings. The summed E-state index contributed by atoms with van der Waals surface area (Å²) in [6.07, 6.45) is -9.60. The molecule has 1 heterocycles. The average molecular weight is 379 g/mol. The van der Waals surface area contributed by atoms with E-state index in [2.05, 4.69) is 14.7 Å². The zero-order valence-corrected chi connectivity index (χ0v) is 12.9. The van der Waals surface area contributed by atoms with Crippen LogP contribution in [-0.4, -0.2) is 22.9 Å². The van der Waals surface area contributed by atoms with E-state index < -0.39 is 42.3 Å². The van der Waals surface area contributed by atoms with Crippen molar-refractivity contribution < 1.29 is 30.9 Å². The van der Waals surface area contributed by atoms with Gasteiger partial charge < -0.3 is 15.2 Å². The van der Waals surface area contributed by atoms with Gasteiger partial charge in [0.2, 0.25) is 5.89 Å². The second-order valence-electron chi connectivity index (χ2n) is 5.12. The van der Waals surface area contributed by atoms with Crippen molar-refractivity contribution in [2.24, 2.45) is 5.73 Å². The first kappa shape index (κ1) is 19.5. The fraction of sp³-hybridized carbons (Fsp3) is 0.357. The molecule has 0 aliphatic heterocycles. The van der Waals surface area contributed by atoms with E-state index in [1.165, 1.54) is 6.07 Å². The second-order valence-corrected chi connectivity index (χ2v) is 5.12. The van der Waals surface area contributed by atoms with Crippen molar-refractivity contribution in [1.82, 2.24) is 10.1 Å². The Morgan fingerprint density at radius 3 is 2.38 bits per heavy atom. The fourth-order valence-corrected chi connectivity index (χ4v) is 2.12. The van der Waals surface area contributed by atoms with Gasteiger partial charge in [-0.3, -0.25) is 0 Å². The van der Waals surface area contributed by atoms with Crippen molar-refractivity contribution in [1.29, 1.82) is 5.26 Å². The molecule has 2 rings (SSSR count). The Hall–Kier alpha value is -2.81. The molecule has 2 N–H and O–H groups in total. The van der Waals surface area contributed by atoms with E-state index in [4.69, 9.17) is 11.0 Å². The summed E-state index contributed by atoms with van der Waals surface area (Å²) in [7, 11) is 0. The molecule has 26 heavy (non-hydrogen) atoms. The van der Waals surface area contributed by atoms with Gasteiger partial charge in [0.25, 0.3) is 0 Å². The van der Waals surface area contributed by atoms with Gasteiger partial charge in [-0.2, -0.15) is 36.6 Å². The lowest BCUT2D eigenvalue weighted by Gasteiger charge is -2.25. The van der Waals surface area contributed by atoms with Crippen molar-refractivity contribution in [3.63, 3.8) is 0 Å². The van der Waals surface area contributed by atoms with E-state index in [-0.39, 0.29) is 18.3 Å². The number of aromatic nitrogens is 2. The molecule has 0 aliphatic carbocycles. The highest BCUT2D eigenvalue weighted by Gasteiger charge is 2.36. The lowest BCUT2D eigenvalue weighted by Crippen LogP contribution is -2.34. The molecule has 1 aromatic heterocycles. The number of alkyl halides is 6. The summed E-state index contributed by atoms with van der Waals surface area (Å²) in [5.41, 5.74) is 2.84. The molecule has 0 bridgehead atoms. The lowest BCUT2D eigenvalue weighted by atomic mass is 10.1. The van der Waals surface area contributed by atoms with Gasteiger partial charge in [-0.25, -0.2) is 0 Å². The number of nitrogens with zero attached hydrogens (tertiary/aromatic N) is 4. The topological polar surface area (TPSA) is 92.0 Å². The molecule has 2 aromatic rings. The SMILES string of the molecule is N#Cc1ccc(N(Cc2noc(CN)n2)CC(F)(F)F)cc1C(F)(F)F. The Morgan fingerprint density at radius 2 is 1.88 bits per heavy atom. The van der Waals surface area contributed by atoms with E-state index >= 15 is 0 Å². The monoisotopic (exact) mass is 379 g/mol. The summed E-state index contributed by atoms with van der Waals surface area (Å²) in [5, 5.41) is 12.2. The normalized spacial score (nSPS) is 12.1. The van der Waals surface area contributed by atoms with Crippen LogP contribution in [0.25, 0.3) is 0 Å². The fourth-order valence-electron chi connectivity index (χ4n) is 2.12. The molecule has 0 saturated heterocycles. The summed E-state index contributed by atoms with van der Waals surface area (Å²) in [4.78, 5) is 4.34. The van der Waals surface area contributed by atoms with Crippen LogP contribution in [0.2, 0.25) is 0 Å². The number of benzene rings is 1. The van der Waals surface area contributed by atoms with Gasteiger partial charge in [0.05, 0.1) is 30.3 Å². The third-order valence-electron chi connectivity index (χ3n) is 3.18. The van der Waals surface area contributed by atoms with Crippen molar-refractivity contribution in [3.8, 4) is 6.07 Å². The number of hydrogen-bond donors (Lipinski definition) is 1. The summed E-state index contributed by atoms with van der Waals surface area (Å²) in [6, 6.07) is 3.64. The zero-order valence-electron chi connectivity index (χ0n) is 12.9. The molecule has 0 spiro atoms. The van der Waals surface area contributed by atoms with Crippen LogP contribution in [0, 0.1) is 11.3 Å². The molecule has 0 unspecified atom stereocenters. The largest absolute Gasteiger partial charge is 0.417 e. The van der Waals surface area contributed by atoms with Gasteiger partial charge in [-0.15, -0.1) is 0 Å². The maximum Gasteiger partial charge on any atom is 0.417 e. The highest BCUT2D eigenvalue weighted by atomic mass is 19.4. The van der Waals surface area contributed by atoms with E-state index in [9.17, 15) is 26.3 Å². The maximum atomic E-state index is 13.0. The summed E-state index contributed by atoms with van der Waals surface area (Å²) < 4.78 is 82.4. The summed E-state index contributed by atoms with van der Waals surface area (Å²) >= 11 is 0. The van der Waals surface area contributed by atoms with Gasteiger partial charge >= 0.3 is 12.4 Å². The summed E-state index contributed by atoms with van der Waals surface area (Å²) in [6.45, 7) is -2.25. The minimum Gasteiger partial charge on any atom is -0.355 e. The van der Waals surface area contributed by atoms with Crippen molar-refractivity contribution >= 4 is 5.69 Å². The quantitative estimate of drug-likeness (QED) is 0.803. The number of rotatable bonds is 5. The van der Waals surface area contributed by atoms with Crippen LogP contribution in [0.15, 0.2) is 22.7 Å². The highest BCUT2D eigenvalue weighted by molar-refractivity contribution is 5.55. The van der Waals surface area contributed by atoms with Gasteiger partial charge in [-0.1, -0.05) is 5.16 Å². The Labute approximate surface area is 142 Å². The van der Waals surface area contributed by atoms with Crippen LogP contribution in [-0.2, 0) is 19.3 Å². The Balaban J connectivity index is 2.43. The number of anilines is 1. The third-order valence-corrected chi connectivity index (χ3v) is 3.18. The standard InChI is InChI=1S/C14H11F6N5O/c15-13(16,17)7-25(6-11-23-12(5-22)26-24-11)9-2-1-8(4-21)10(3-9)14(18,19)20/h1-3H,5-7,22H2. The van der Waals surface area contributed by atoms with Crippen LogP contribution in [0.1, 0.15) is 22.8 Å². The van der Waals surface area contributed by atoms with Crippen molar-refractivity contribution in [3.05, 3.63) is 41.0 Å². The minimum atomic E-state index is -4.90. The molecule has 6 nitrogen and oxygen atoms in total. The molecular weight excluding hydrogens is 368 g/mol. The molecule has 0 saturated carbocycles. The molecule has 0 aliphatic rings. The van der Waals surface area contributed by atoms with E-state index in [1.54, 1.807) is 0 Å². The number of nitrogens with two attached hydrogens (primary N) is 1. The van der Waals surface area contributed by atoms with Crippen molar-refractivity contribution in [2.75, 3.05) is 11.4 Å². The average Bonchev–Trinajstić information content (AvgIpc) is 2.99. The third kappa shape index (κ3) is 4.85. The van der Waals surface area contributed by atoms with Crippen molar-refractivity contribution in [2.45, 2.75) is 25.4 Å². The predicted octanol–water partition coefficient (Wildman–Crippen LogP) is 2.99. The van der Waals surface area contributed by atoms with E-state index in [1.807, 2.05) is 0 Å². The molecule has 0 radical (unpaired) electrons. The first-order chi connectivity index (χ1) is 12.0. The van der Waals surface area contributed by atoms with Gasteiger partial charge in [0.1, 0.15) is 6.54 Å². The summed E-state index contributed by atoms with van der Waals surface area (Å²) in [5.74, 6) is -0.199. The Kier molecular flexibility index (Phi) is 5.41.